The van der Waals surface area contributed by atoms with Crippen molar-refractivity contribution < 1.29 is 29.0 Å². The quantitative estimate of drug-likeness (QED) is 0.278. The lowest BCUT2D eigenvalue weighted by molar-refractivity contribution is -0.123. The number of rotatable bonds is 10. The number of aliphatic hydroxyl groups is 2. The second-order valence-electron chi connectivity index (χ2n) is 9.50. The molecule has 9 nitrogen and oxygen atoms in total. The molecule has 3 amide bonds. The molecule has 1 aromatic carbocycles. The number of aromatic nitrogens is 1. The average Bonchev–Trinajstić information content (AvgIpc) is 3.49. The van der Waals surface area contributed by atoms with Crippen molar-refractivity contribution in [1.82, 2.24) is 15.6 Å². The first-order valence-corrected chi connectivity index (χ1v) is 12.1. The van der Waals surface area contributed by atoms with E-state index in [1.54, 1.807) is 19.9 Å². The van der Waals surface area contributed by atoms with E-state index in [-0.39, 0.29) is 49.6 Å². The Morgan fingerprint density at radius 1 is 1.22 bits per heavy atom. The standard InChI is InChI=1S/C26H31FN4O5/c1-13-22(12-20-19-9-15(27)3-6-21(19)31-25(20)35)29-14(2)24(13)26(36)28-8-7-17(32)10-18(33)11-23(34)30-16-4-5-16/h3,6,9,12,16-18,29,32-33H,4-5,7-8,10-11H2,1-2H3,(H,28,36)(H,30,34)(H,31,35)/b20-12-/t17-,18-/m1/s1. The smallest absolute Gasteiger partial charge is 0.256 e. The number of H-pyrrole nitrogens is 1. The summed E-state index contributed by atoms with van der Waals surface area (Å²) in [5.74, 6) is -1.37. The third-order valence-electron chi connectivity index (χ3n) is 6.43. The van der Waals surface area contributed by atoms with Gasteiger partial charge in [-0.05, 0) is 69.4 Å². The number of aryl methyl sites for hydroxylation is 1. The zero-order valence-electron chi connectivity index (χ0n) is 20.3. The third-order valence-corrected chi connectivity index (χ3v) is 6.43. The Kier molecular flexibility index (Phi) is 7.56. The molecule has 6 N–H and O–H groups in total. The highest BCUT2D eigenvalue weighted by Gasteiger charge is 2.27. The van der Waals surface area contributed by atoms with Gasteiger partial charge in [-0.1, -0.05) is 0 Å². The normalized spacial score (nSPS) is 17.5. The summed E-state index contributed by atoms with van der Waals surface area (Å²) in [4.78, 5) is 40.1. The van der Waals surface area contributed by atoms with Crippen LogP contribution in [0.5, 0.6) is 0 Å². The van der Waals surface area contributed by atoms with Gasteiger partial charge in [-0.15, -0.1) is 0 Å². The summed E-state index contributed by atoms with van der Waals surface area (Å²) in [5, 5.41) is 28.5. The van der Waals surface area contributed by atoms with E-state index in [2.05, 4.69) is 20.9 Å². The van der Waals surface area contributed by atoms with Crippen LogP contribution in [-0.4, -0.2) is 57.7 Å². The number of aromatic amines is 1. The Balaban J connectivity index is 1.33. The van der Waals surface area contributed by atoms with Crippen molar-refractivity contribution in [2.24, 2.45) is 0 Å². The minimum absolute atomic E-state index is 0.0397. The third kappa shape index (κ3) is 6.00. The maximum atomic E-state index is 13.7. The molecule has 2 aromatic rings. The lowest BCUT2D eigenvalue weighted by Crippen LogP contribution is -2.32. The number of hydrogen-bond acceptors (Lipinski definition) is 5. The Hall–Kier alpha value is -3.50. The van der Waals surface area contributed by atoms with E-state index in [0.29, 0.717) is 39.3 Å². The van der Waals surface area contributed by atoms with Crippen LogP contribution in [0.4, 0.5) is 10.1 Å². The molecule has 1 saturated carbocycles. The number of nitrogens with one attached hydrogen (secondary N) is 4. The lowest BCUT2D eigenvalue weighted by atomic mass is 10.0. The number of carbonyl (C=O) groups excluding carboxylic acids is 3. The minimum Gasteiger partial charge on any atom is -0.393 e. The van der Waals surface area contributed by atoms with Gasteiger partial charge in [0, 0.05) is 35.2 Å². The number of benzene rings is 1. The lowest BCUT2D eigenvalue weighted by Gasteiger charge is -2.16. The summed E-state index contributed by atoms with van der Waals surface area (Å²) in [6.07, 6.45) is 1.90. The molecule has 1 aliphatic carbocycles. The first-order valence-electron chi connectivity index (χ1n) is 12.1. The molecule has 1 aliphatic heterocycles. The summed E-state index contributed by atoms with van der Waals surface area (Å²) in [6.45, 7) is 3.67. The van der Waals surface area contributed by atoms with Crippen LogP contribution in [0.15, 0.2) is 18.2 Å². The largest absolute Gasteiger partial charge is 0.393 e. The number of hydrogen-bond donors (Lipinski definition) is 6. The fraction of sp³-hybridized carbons (Fsp3) is 0.423. The van der Waals surface area contributed by atoms with Crippen LogP contribution in [0.3, 0.4) is 0 Å². The zero-order valence-corrected chi connectivity index (χ0v) is 20.3. The number of fused-ring (bicyclic) bond motifs is 1. The maximum Gasteiger partial charge on any atom is 0.256 e. The Morgan fingerprint density at radius 2 is 1.97 bits per heavy atom. The predicted molar refractivity (Wildman–Crippen MR) is 133 cm³/mol. The minimum atomic E-state index is -0.953. The monoisotopic (exact) mass is 498 g/mol. The molecule has 2 atom stereocenters. The van der Waals surface area contributed by atoms with Gasteiger partial charge in [-0.2, -0.15) is 0 Å². The molecule has 2 aliphatic rings. The van der Waals surface area contributed by atoms with Crippen molar-refractivity contribution in [3.05, 3.63) is 52.1 Å². The van der Waals surface area contributed by atoms with Gasteiger partial charge in [-0.25, -0.2) is 4.39 Å². The first kappa shape index (κ1) is 25.6. The SMILES string of the molecule is Cc1[nH]c(/C=C2\C(=O)Nc3ccc(F)cc32)c(C)c1C(=O)NCC[C@@H](O)C[C@@H](O)CC(=O)NC1CC1. The molecule has 0 spiro atoms. The molecule has 10 heteroatoms. The van der Waals surface area contributed by atoms with Gasteiger partial charge in [0.15, 0.2) is 0 Å². The van der Waals surface area contributed by atoms with E-state index in [1.807, 2.05) is 0 Å². The number of aliphatic hydroxyl groups excluding tert-OH is 2. The van der Waals surface area contributed by atoms with Crippen LogP contribution in [-0.2, 0) is 9.59 Å². The van der Waals surface area contributed by atoms with E-state index in [0.717, 1.165) is 12.8 Å². The fourth-order valence-electron chi connectivity index (χ4n) is 4.39. The van der Waals surface area contributed by atoms with Crippen molar-refractivity contribution in [3.63, 3.8) is 0 Å². The summed E-state index contributed by atoms with van der Waals surface area (Å²) >= 11 is 0. The van der Waals surface area contributed by atoms with Crippen molar-refractivity contribution >= 4 is 35.1 Å². The van der Waals surface area contributed by atoms with Gasteiger partial charge in [0.1, 0.15) is 5.82 Å². The van der Waals surface area contributed by atoms with Crippen LogP contribution >= 0.6 is 0 Å². The number of halogens is 1. The first-order chi connectivity index (χ1) is 17.1. The number of carbonyl (C=O) groups is 3. The molecule has 0 radical (unpaired) electrons. The van der Waals surface area contributed by atoms with Gasteiger partial charge >= 0.3 is 0 Å². The highest BCUT2D eigenvalue weighted by atomic mass is 19.1. The van der Waals surface area contributed by atoms with E-state index >= 15 is 0 Å². The average molecular weight is 499 g/mol. The molecule has 0 bridgehead atoms. The van der Waals surface area contributed by atoms with Crippen LogP contribution in [0.1, 0.15) is 65.0 Å². The molecule has 36 heavy (non-hydrogen) atoms. The molecule has 0 unspecified atom stereocenters. The molecule has 0 saturated heterocycles. The molecule has 2 heterocycles. The predicted octanol–water partition coefficient (Wildman–Crippen LogP) is 2.16. The Labute approximate surface area is 208 Å². The van der Waals surface area contributed by atoms with Gasteiger partial charge in [0.2, 0.25) is 5.91 Å². The van der Waals surface area contributed by atoms with Crippen LogP contribution in [0.25, 0.3) is 11.6 Å². The van der Waals surface area contributed by atoms with Gasteiger partial charge in [-0.3, -0.25) is 14.4 Å². The van der Waals surface area contributed by atoms with E-state index in [4.69, 9.17) is 0 Å². The van der Waals surface area contributed by atoms with Crippen LogP contribution < -0.4 is 16.0 Å². The highest BCUT2D eigenvalue weighted by molar-refractivity contribution is 6.34. The van der Waals surface area contributed by atoms with E-state index in [9.17, 15) is 29.0 Å². The van der Waals surface area contributed by atoms with Crippen molar-refractivity contribution in [2.75, 3.05) is 11.9 Å². The molecule has 1 aromatic heterocycles. The summed E-state index contributed by atoms with van der Waals surface area (Å²) in [6, 6.07) is 4.29. The number of anilines is 1. The van der Waals surface area contributed by atoms with Gasteiger partial charge in [0.25, 0.3) is 11.8 Å². The van der Waals surface area contributed by atoms with Crippen LogP contribution in [0, 0.1) is 19.7 Å². The second-order valence-corrected chi connectivity index (χ2v) is 9.50. The number of amides is 3. The van der Waals surface area contributed by atoms with Crippen LogP contribution in [0.2, 0.25) is 0 Å². The Bertz CT molecular complexity index is 1220. The molecule has 192 valence electrons. The highest BCUT2D eigenvalue weighted by Crippen LogP contribution is 2.34. The van der Waals surface area contributed by atoms with E-state index < -0.39 is 18.0 Å². The second kappa shape index (κ2) is 10.6. The summed E-state index contributed by atoms with van der Waals surface area (Å²) in [5.41, 5.74) is 3.50. The maximum absolute atomic E-state index is 13.7. The molecular weight excluding hydrogens is 467 g/mol. The summed E-state index contributed by atoms with van der Waals surface area (Å²) < 4.78 is 13.7. The molecule has 1 fully saturated rings. The molecular formula is C26H31FN4O5. The van der Waals surface area contributed by atoms with Gasteiger partial charge in [0.05, 0.1) is 29.8 Å². The topological polar surface area (TPSA) is 144 Å². The Morgan fingerprint density at radius 3 is 2.69 bits per heavy atom. The van der Waals surface area contributed by atoms with Crippen molar-refractivity contribution in [1.29, 1.82) is 0 Å². The van der Waals surface area contributed by atoms with E-state index in [1.165, 1.54) is 18.2 Å². The van der Waals surface area contributed by atoms with Crippen molar-refractivity contribution in [2.45, 2.75) is 64.2 Å². The van der Waals surface area contributed by atoms with Gasteiger partial charge < -0.3 is 31.1 Å². The zero-order chi connectivity index (χ0) is 26.0. The summed E-state index contributed by atoms with van der Waals surface area (Å²) in [7, 11) is 0. The fourth-order valence-corrected chi connectivity index (χ4v) is 4.39. The molecule has 4 rings (SSSR count). The van der Waals surface area contributed by atoms with Crippen molar-refractivity contribution in [3.8, 4) is 0 Å².